The molecular formula is C22H36O2. The third-order valence-electron chi connectivity index (χ3n) is 5.41. The monoisotopic (exact) mass is 332 g/mol. The Labute approximate surface area is 148 Å². The summed E-state index contributed by atoms with van der Waals surface area (Å²) in [5, 5.41) is 0. The molecule has 0 bridgehead atoms. The zero-order valence-corrected chi connectivity index (χ0v) is 15.8. The molecule has 0 unspecified atom stereocenters. The predicted octanol–water partition coefficient (Wildman–Crippen LogP) is 6.35. The van der Waals surface area contributed by atoms with Crippen LogP contribution in [0.25, 0.3) is 0 Å². The largest absolute Gasteiger partial charge is 0.494 e. The molecule has 0 spiro atoms. The van der Waals surface area contributed by atoms with Crippen molar-refractivity contribution >= 4 is 0 Å². The molecule has 0 amide bonds. The number of hydrogen-bond acceptors (Lipinski definition) is 2. The SMILES string of the molecule is CCCC1CCC(c2ccc(OCCCCCCOC)cc2)CC1. The fourth-order valence-electron chi connectivity index (χ4n) is 3.92. The summed E-state index contributed by atoms with van der Waals surface area (Å²) in [4.78, 5) is 0. The van der Waals surface area contributed by atoms with Crippen molar-refractivity contribution in [2.45, 2.75) is 77.0 Å². The molecule has 0 heterocycles. The van der Waals surface area contributed by atoms with Gasteiger partial charge in [-0.05, 0) is 74.5 Å². The van der Waals surface area contributed by atoms with Crippen LogP contribution in [0, 0.1) is 5.92 Å². The Morgan fingerprint density at radius 1 is 0.875 bits per heavy atom. The van der Waals surface area contributed by atoms with Crippen LogP contribution in [0.5, 0.6) is 5.75 Å². The summed E-state index contributed by atoms with van der Waals surface area (Å²) in [6, 6.07) is 8.91. The van der Waals surface area contributed by atoms with Crippen LogP contribution < -0.4 is 4.74 Å². The van der Waals surface area contributed by atoms with Crippen LogP contribution in [-0.4, -0.2) is 20.3 Å². The van der Waals surface area contributed by atoms with Gasteiger partial charge in [-0.25, -0.2) is 0 Å². The molecule has 0 saturated heterocycles. The number of hydrogen-bond donors (Lipinski definition) is 0. The highest BCUT2D eigenvalue weighted by Gasteiger charge is 2.21. The molecule has 0 aliphatic heterocycles. The lowest BCUT2D eigenvalue weighted by Crippen LogP contribution is -2.13. The van der Waals surface area contributed by atoms with Crippen LogP contribution >= 0.6 is 0 Å². The molecule has 136 valence electrons. The minimum atomic E-state index is 0.771. The smallest absolute Gasteiger partial charge is 0.119 e. The van der Waals surface area contributed by atoms with Crippen molar-refractivity contribution in [3.8, 4) is 5.75 Å². The maximum Gasteiger partial charge on any atom is 0.119 e. The van der Waals surface area contributed by atoms with Gasteiger partial charge >= 0.3 is 0 Å². The molecule has 1 fully saturated rings. The van der Waals surface area contributed by atoms with E-state index in [9.17, 15) is 0 Å². The lowest BCUT2D eigenvalue weighted by atomic mass is 9.77. The second-order valence-corrected chi connectivity index (χ2v) is 7.33. The lowest BCUT2D eigenvalue weighted by Gasteiger charge is -2.28. The normalized spacial score (nSPS) is 20.9. The molecule has 1 aliphatic rings. The highest BCUT2D eigenvalue weighted by Crippen LogP contribution is 2.37. The van der Waals surface area contributed by atoms with Gasteiger partial charge in [0.25, 0.3) is 0 Å². The van der Waals surface area contributed by atoms with E-state index in [0.717, 1.165) is 43.6 Å². The molecule has 0 N–H and O–H groups in total. The molecule has 2 nitrogen and oxygen atoms in total. The Balaban J connectivity index is 1.64. The summed E-state index contributed by atoms with van der Waals surface area (Å²) in [7, 11) is 1.77. The maximum absolute atomic E-state index is 5.87. The molecular weight excluding hydrogens is 296 g/mol. The van der Waals surface area contributed by atoms with Crippen LogP contribution in [0.3, 0.4) is 0 Å². The summed E-state index contributed by atoms with van der Waals surface area (Å²) in [6.45, 7) is 4.02. The van der Waals surface area contributed by atoms with E-state index in [4.69, 9.17) is 9.47 Å². The standard InChI is InChI=1S/C22H36O2/c1-3-8-19-9-11-20(12-10-19)21-13-15-22(16-14-21)24-18-7-5-4-6-17-23-2/h13-16,19-20H,3-12,17-18H2,1-2H3. The topological polar surface area (TPSA) is 18.5 Å². The third-order valence-corrected chi connectivity index (χ3v) is 5.41. The predicted molar refractivity (Wildman–Crippen MR) is 102 cm³/mol. The van der Waals surface area contributed by atoms with Gasteiger partial charge in [-0.2, -0.15) is 0 Å². The first-order valence-corrected chi connectivity index (χ1v) is 10.0. The van der Waals surface area contributed by atoms with Gasteiger partial charge in [0, 0.05) is 13.7 Å². The Bertz CT molecular complexity index is 418. The zero-order chi connectivity index (χ0) is 17.0. The molecule has 0 atom stereocenters. The number of benzene rings is 1. The van der Waals surface area contributed by atoms with Crippen molar-refractivity contribution in [1.29, 1.82) is 0 Å². The highest BCUT2D eigenvalue weighted by atomic mass is 16.5. The van der Waals surface area contributed by atoms with Crippen LogP contribution in [0.4, 0.5) is 0 Å². The Morgan fingerprint density at radius 3 is 2.17 bits per heavy atom. The molecule has 1 aromatic rings. The van der Waals surface area contributed by atoms with Gasteiger partial charge in [-0.1, -0.05) is 38.3 Å². The first kappa shape index (κ1) is 19.3. The van der Waals surface area contributed by atoms with Crippen molar-refractivity contribution in [3.63, 3.8) is 0 Å². The van der Waals surface area contributed by atoms with Crippen LogP contribution in [0.2, 0.25) is 0 Å². The average molecular weight is 333 g/mol. The van der Waals surface area contributed by atoms with Gasteiger partial charge in [0.2, 0.25) is 0 Å². The van der Waals surface area contributed by atoms with Gasteiger partial charge in [0.1, 0.15) is 5.75 Å². The summed E-state index contributed by atoms with van der Waals surface area (Å²) in [6.07, 6.45) is 13.1. The van der Waals surface area contributed by atoms with Crippen LogP contribution in [0.1, 0.15) is 82.6 Å². The fraction of sp³-hybridized carbons (Fsp3) is 0.727. The Morgan fingerprint density at radius 2 is 1.54 bits per heavy atom. The lowest BCUT2D eigenvalue weighted by molar-refractivity contribution is 0.191. The number of unbranched alkanes of at least 4 members (excludes halogenated alkanes) is 3. The van der Waals surface area contributed by atoms with Gasteiger partial charge in [-0.15, -0.1) is 0 Å². The molecule has 2 rings (SSSR count). The average Bonchev–Trinajstić information content (AvgIpc) is 2.62. The van der Waals surface area contributed by atoms with E-state index in [0.29, 0.717) is 0 Å². The van der Waals surface area contributed by atoms with Gasteiger partial charge in [0.05, 0.1) is 6.61 Å². The number of ether oxygens (including phenoxy) is 2. The Hall–Kier alpha value is -1.02. The minimum Gasteiger partial charge on any atom is -0.494 e. The second-order valence-electron chi connectivity index (χ2n) is 7.33. The fourth-order valence-corrected chi connectivity index (χ4v) is 3.92. The summed E-state index contributed by atoms with van der Waals surface area (Å²) in [5.41, 5.74) is 1.51. The first-order valence-electron chi connectivity index (χ1n) is 10.0. The van der Waals surface area contributed by atoms with Gasteiger partial charge in [-0.3, -0.25) is 0 Å². The van der Waals surface area contributed by atoms with Crippen LogP contribution in [0.15, 0.2) is 24.3 Å². The van der Waals surface area contributed by atoms with E-state index in [1.807, 2.05) is 0 Å². The maximum atomic E-state index is 5.87. The van der Waals surface area contributed by atoms with E-state index in [2.05, 4.69) is 31.2 Å². The summed E-state index contributed by atoms with van der Waals surface area (Å²) < 4.78 is 10.9. The van der Waals surface area contributed by atoms with Gasteiger partial charge in [0.15, 0.2) is 0 Å². The molecule has 1 saturated carbocycles. The van der Waals surface area contributed by atoms with Crippen LogP contribution in [-0.2, 0) is 4.74 Å². The molecule has 24 heavy (non-hydrogen) atoms. The number of rotatable bonds is 11. The van der Waals surface area contributed by atoms with E-state index in [-0.39, 0.29) is 0 Å². The zero-order valence-electron chi connectivity index (χ0n) is 15.8. The highest BCUT2D eigenvalue weighted by molar-refractivity contribution is 5.29. The minimum absolute atomic E-state index is 0.771. The van der Waals surface area contributed by atoms with E-state index >= 15 is 0 Å². The molecule has 0 aromatic heterocycles. The van der Waals surface area contributed by atoms with E-state index < -0.39 is 0 Å². The quantitative estimate of drug-likeness (QED) is 0.440. The van der Waals surface area contributed by atoms with Crippen molar-refractivity contribution < 1.29 is 9.47 Å². The van der Waals surface area contributed by atoms with Crippen molar-refractivity contribution in [2.75, 3.05) is 20.3 Å². The summed E-state index contributed by atoms with van der Waals surface area (Å²) >= 11 is 0. The van der Waals surface area contributed by atoms with E-state index in [1.54, 1.807) is 7.11 Å². The second kappa shape index (κ2) is 11.5. The number of methoxy groups -OCH3 is 1. The molecule has 0 radical (unpaired) electrons. The van der Waals surface area contributed by atoms with Crippen molar-refractivity contribution in [3.05, 3.63) is 29.8 Å². The molecule has 1 aromatic carbocycles. The van der Waals surface area contributed by atoms with Crippen molar-refractivity contribution in [1.82, 2.24) is 0 Å². The molecule has 1 aliphatic carbocycles. The summed E-state index contributed by atoms with van der Waals surface area (Å²) in [5.74, 6) is 2.78. The molecule has 2 heteroatoms. The Kier molecular flexibility index (Phi) is 9.27. The van der Waals surface area contributed by atoms with Gasteiger partial charge < -0.3 is 9.47 Å². The van der Waals surface area contributed by atoms with E-state index in [1.165, 1.54) is 56.9 Å². The van der Waals surface area contributed by atoms with Crippen molar-refractivity contribution in [2.24, 2.45) is 5.92 Å². The first-order chi connectivity index (χ1) is 11.8. The third kappa shape index (κ3) is 6.84.